The number of aliphatic hydroxyl groups excluding tert-OH is 1. The maximum absolute atomic E-state index is 12.3. The second kappa shape index (κ2) is 8.18. The fourth-order valence-electron chi connectivity index (χ4n) is 3.16. The minimum absolute atomic E-state index is 0.0297. The molecule has 0 aromatic heterocycles. The summed E-state index contributed by atoms with van der Waals surface area (Å²) < 4.78 is 5.71. The van der Waals surface area contributed by atoms with Crippen molar-refractivity contribution in [3.05, 3.63) is 29.8 Å². The molecule has 1 saturated carbocycles. The highest BCUT2D eigenvalue weighted by molar-refractivity contribution is 5.81. The normalized spacial score (nSPS) is 22.9. The molecule has 1 aliphatic rings. The number of carbonyl (C=O) groups is 1. The van der Waals surface area contributed by atoms with Crippen LogP contribution in [-0.4, -0.2) is 23.2 Å². The first-order valence-electron chi connectivity index (χ1n) is 8.30. The monoisotopic (exact) mass is 305 g/mol. The Labute approximate surface area is 132 Å². The van der Waals surface area contributed by atoms with Crippen molar-refractivity contribution in [1.82, 2.24) is 5.32 Å². The third-order valence-electron chi connectivity index (χ3n) is 4.52. The van der Waals surface area contributed by atoms with Gasteiger partial charge in [0.25, 0.3) is 5.91 Å². The Morgan fingerprint density at radius 1 is 1.41 bits per heavy atom. The summed E-state index contributed by atoms with van der Waals surface area (Å²) in [4.78, 5) is 12.3. The molecule has 1 amide bonds. The van der Waals surface area contributed by atoms with Crippen molar-refractivity contribution in [1.29, 1.82) is 0 Å². The average molecular weight is 305 g/mol. The molecular weight excluding hydrogens is 278 g/mol. The predicted molar refractivity (Wildman–Crippen MR) is 86.6 cm³/mol. The number of rotatable bonds is 6. The smallest absolute Gasteiger partial charge is 0.261 e. The molecule has 0 bridgehead atoms. The molecule has 0 aliphatic heterocycles. The number of aliphatic hydroxyl groups is 1. The summed E-state index contributed by atoms with van der Waals surface area (Å²) in [5.41, 5.74) is 0.781. The first kappa shape index (κ1) is 16.8. The van der Waals surface area contributed by atoms with Gasteiger partial charge < -0.3 is 15.2 Å². The van der Waals surface area contributed by atoms with Crippen LogP contribution in [0.25, 0.3) is 0 Å². The van der Waals surface area contributed by atoms with Crippen molar-refractivity contribution >= 4 is 5.91 Å². The Hall–Kier alpha value is -1.55. The molecule has 4 nitrogen and oxygen atoms in total. The molecule has 22 heavy (non-hydrogen) atoms. The lowest BCUT2D eigenvalue weighted by Crippen LogP contribution is -2.46. The van der Waals surface area contributed by atoms with Crippen LogP contribution in [0, 0.1) is 5.92 Å². The van der Waals surface area contributed by atoms with Gasteiger partial charge in [-0.15, -0.1) is 0 Å². The Balaban J connectivity index is 1.90. The van der Waals surface area contributed by atoms with Crippen LogP contribution in [0.2, 0.25) is 0 Å². The van der Waals surface area contributed by atoms with Crippen LogP contribution in [-0.2, 0) is 11.4 Å². The quantitative estimate of drug-likeness (QED) is 0.849. The van der Waals surface area contributed by atoms with Crippen molar-refractivity contribution in [3.63, 3.8) is 0 Å². The average Bonchev–Trinajstić information content (AvgIpc) is 2.55. The van der Waals surface area contributed by atoms with Crippen LogP contribution in [0.15, 0.2) is 24.3 Å². The number of benzene rings is 1. The maximum atomic E-state index is 12.3. The Kier molecular flexibility index (Phi) is 6.25. The van der Waals surface area contributed by atoms with Crippen LogP contribution >= 0.6 is 0 Å². The third kappa shape index (κ3) is 4.47. The highest BCUT2D eigenvalue weighted by Gasteiger charge is 2.27. The lowest BCUT2D eigenvalue weighted by Gasteiger charge is -2.32. The fraction of sp³-hybridized carbons (Fsp3) is 0.611. The van der Waals surface area contributed by atoms with Crippen molar-refractivity contribution in [2.45, 2.75) is 64.7 Å². The molecule has 1 aromatic rings. The molecule has 1 aliphatic carbocycles. The number of hydrogen-bond acceptors (Lipinski definition) is 3. The number of carbonyl (C=O) groups excluding carboxylic acids is 1. The summed E-state index contributed by atoms with van der Waals surface area (Å²) in [6.07, 6.45) is 5.30. The minimum atomic E-state index is -0.534. The van der Waals surface area contributed by atoms with E-state index in [2.05, 4.69) is 12.2 Å². The van der Waals surface area contributed by atoms with E-state index in [4.69, 9.17) is 9.84 Å². The molecule has 3 atom stereocenters. The Bertz CT molecular complexity index is 489. The SMILES string of the molecule is CCC1CCCCC1NC(=O)C(C)Oc1cccc(CO)c1. The Morgan fingerprint density at radius 2 is 2.18 bits per heavy atom. The van der Waals surface area contributed by atoms with Gasteiger partial charge in [0.05, 0.1) is 6.61 Å². The van der Waals surface area contributed by atoms with E-state index in [0.717, 1.165) is 18.4 Å². The number of amides is 1. The van der Waals surface area contributed by atoms with Crippen molar-refractivity contribution in [2.75, 3.05) is 0 Å². The zero-order valence-corrected chi connectivity index (χ0v) is 13.5. The fourth-order valence-corrected chi connectivity index (χ4v) is 3.16. The molecular formula is C18H27NO3. The summed E-state index contributed by atoms with van der Waals surface area (Å²) in [5.74, 6) is 1.15. The van der Waals surface area contributed by atoms with Crippen molar-refractivity contribution < 1.29 is 14.6 Å². The first-order chi connectivity index (χ1) is 10.6. The van der Waals surface area contributed by atoms with E-state index >= 15 is 0 Å². The predicted octanol–water partition coefficient (Wildman–Crippen LogP) is 3.03. The standard InChI is InChI=1S/C18H27NO3/c1-3-15-8-4-5-10-17(15)19-18(21)13(2)22-16-9-6-7-14(11-16)12-20/h6-7,9,11,13,15,17,20H,3-5,8,10,12H2,1-2H3,(H,19,21). The number of nitrogens with one attached hydrogen (secondary N) is 1. The molecule has 1 aromatic carbocycles. The molecule has 4 heteroatoms. The number of ether oxygens (including phenoxy) is 1. The second-order valence-electron chi connectivity index (χ2n) is 6.13. The van der Waals surface area contributed by atoms with Crippen LogP contribution in [0.5, 0.6) is 5.75 Å². The van der Waals surface area contributed by atoms with E-state index in [1.165, 1.54) is 19.3 Å². The van der Waals surface area contributed by atoms with Gasteiger partial charge in [-0.2, -0.15) is 0 Å². The summed E-state index contributed by atoms with van der Waals surface area (Å²) in [6.45, 7) is 3.93. The van der Waals surface area contributed by atoms with Gasteiger partial charge in [-0.1, -0.05) is 38.3 Å². The van der Waals surface area contributed by atoms with E-state index in [-0.39, 0.29) is 18.6 Å². The summed E-state index contributed by atoms with van der Waals surface area (Å²) >= 11 is 0. The molecule has 2 rings (SSSR count). The van der Waals surface area contributed by atoms with E-state index < -0.39 is 6.10 Å². The molecule has 122 valence electrons. The molecule has 2 N–H and O–H groups in total. The van der Waals surface area contributed by atoms with Gasteiger partial charge in [0, 0.05) is 6.04 Å². The summed E-state index contributed by atoms with van der Waals surface area (Å²) in [6, 6.07) is 7.49. The van der Waals surface area contributed by atoms with Gasteiger partial charge in [-0.05, 0) is 43.4 Å². The summed E-state index contributed by atoms with van der Waals surface area (Å²) in [7, 11) is 0. The minimum Gasteiger partial charge on any atom is -0.481 e. The second-order valence-corrected chi connectivity index (χ2v) is 6.13. The van der Waals surface area contributed by atoms with Crippen LogP contribution < -0.4 is 10.1 Å². The number of hydrogen-bond donors (Lipinski definition) is 2. The topological polar surface area (TPSA) is 58.6 Å². The Morgan fingerprint density at radius 3 is 2.91 bits per heavy atom. The van der Waals surface area contributed by atoms with E-state index in [9.17, 15) is 4.79 Å². The van der Waals surface area contributed by atoms with Crippen LogP contribution in [0.1, 0.15) is 51.5 Å². The van der Waals surface area contributed by atoms with Gasteiger partial charge in [0.2, 0.25) is 0 Å². The van der Waals surface area contributed by atoms with Gasteiger partial charge in [0.1, 0.15) is 5.75 Å². The van der Waals surface area contributed by atoms with Crippen molar-refractivity contribution in [3.8, 4) is 5.75 Å². The zero-order valence-electron chi connectivity index (χ0n) is 13.5. The van der Waals surface area contributed by atoms with Crippen LogP contribution in [0.4, 0.5) is 0 Å². The largest absolute Gasteiger partial charge is 0.481 e. The van der Waals surface area contributed by atoms with E-state index in [1.807, 2.05) is 12.1 Å². The molecule has 0 radical (unpaired) electrons. The highest BCUT2D eigenvalue weighted by atomic mass is 16.5. The molecule has 1 fully saturated rings. The van der Waals surface area contributed by atoms with Gasteiger partial charge in [-0.3, -0.25) is 4.79 Å². The van der Waals surface area contributed by atoms with Gasteiger partial charge >= 0.3 is 0 Å². The molecule has 0 saturated heterocycles. The van der Waals surface area contributed by atoms with E-state index in [0.29, 0.717) is 11.7 Å². The molecule has 0 spiro atoms. The lowest BCUT2D eigenvalue weighted by atomic mass is 9.83. The van der Waals surface area contributed by atoms with Gasteiger partial charge in [-0.25, -0.2) is 0 Å². The van der Waals surface area contributed by atoms with Gasteiger partial charge in [0.15, 0.2) is 6.10 Å². The summed E-state index contributed by atoms with van der Waals surface area (Å²) in [5, 5.41) is 12.3. The van der Waals surface area contributed by atoms with Crippen LogP contribution in [0.3, 0.4) is 0 Å². The van der Waals surface area contributed by atoms with Crippen molar-refractivity contribution in [2.24, 2.45) is 5.92 Å². The van der Waals surface area contributed by atoms with E-state index in [1.54, 1.807) is 19.1 Å². The zero-order chi connectivity index (χ0) is 15.9. The molecule has 3 unspecified atom stereocenters. The third-order valence-corrected chi connectivity index (χ3v) is 4.52. The lowest BCUT2D eigenvalue weighted by molar-refractivity contribution is -0.128. The highest BCUT2D eigenvalue weighted by Crippen LogP contribution is 2.27. The molecule has 0 heterocycles. The maximum Gasteiger partial charge on any atom is 0.261 e. The first-order valence-corrected chi connectivity index (χ1v) is 8.30.